The number of carbonyl (C=O) groups excluding carboxylic acids is 1. The Labute approximate surface area is 127 Å². The van der Waals surface area contributed by atoms with Gasteiger partial charge < -0.3 is 4.98 Å². The van der Waals surface area contributed by atoms with Crippen LogP contribution in [-0.4, -0.2) is 21.1 Å². The lowest BCUT2D eigenvalue weighted by molar-refractivity contribution is -0.124. The molecule has 0 saturated carbocycles. The number of imidazole rings is 1. The number of fused-ring (bicyclic) bond motifs is 1. The van der Waals surface area contributed by atoms with Crippen LogP contribution < -0.4 is 5.48 Å². The second-order valence-corrected chi connectivity index (χ2v) is 4.99. The molecular formula is C17H15N3O2. The molecule has 1 aromatic heterocycles. The number of nitrogens with one attached hydrogen (secondary N) is 2. The van der Waals surface area contributed by atoms with Crippen molar-refractivity contribution in [2.45, 2.75) is 6.92 Å². The Bertz CT molecular complexity index is 865. The molecule has 3 rings (SSSR count). The van der Waals surface area contributed by atoms with E-state index in [-0.39, 0.29) is 0 Å². The molecule has 110 valence electrons. The molecular weight excluding hydrogens is 278 g/mol. The van der Waals surface area contributed by atoms with Gasteiger partial charge in [-0.25, -0.2) is 10.5 Å². The van der Waals surface area contributed by atoms with Crippen molar-refractivity contribution in [3.8, 4) is 11.4 Å². The number of nitrogens with zero attached hydrogens (tertiary/aromatic N) is 1. The maximum absolute atomic E-state index is 11.0. The van der Waals surface area contributed by atoms with E-state index in [9.17, 15) is 4.79 Å². The maximum Gasteiger partial charge on any atom is 0.267 e. The van der Waals surface area contributed by atoms with Crippen LogP contribution >= 0.6 is 0 Å². The lowest BCUT2D eigenvalue weighted by Crippen LogP contribution is -2.14. The third-order valence-corrected chi connectivity index (χ3v) is 3.42. The van der Waals surface area contributed by atoms with E-state index in [4.69, 9.17) is 5.21 Å². The molecule has 22 heavy (non-hydrogen) atoms. The number of hydroxylamine groups is 1. The van der Waals surface area contributed by atoms with Crippen molar-refractivity contribution in [3.63, 3.8) is 0 Å². The van der Waals surface area contributed by atoms with Crippen LogP contribution in [0.1, 0.15) is 11.1 Å². The molecule has 0 aliphatic heterocycles. The monoisotopic (exact) mass is 293 g/mol. The Morgan fingerprint density at radius 3 is 2.86 bits per heavy atom. The van der Waals surface area contributed by atoms with Crippen LogP contribution in [0, 0.1) is 6.92 Å². The SMILES string of the molecule is Cc1cccc2nc(-c3cccc(C=CC(=O)NO)c3)[nH]c12. The van der Waals surface area contributed by atoms with Crippen molar-refractivity contribution in [2.24, 2.45) is 0 Å². The van der Waals surface area contributed by atoms with Gasteiger partial charge in [-0.1, -0.05) is 30.3 Å². The Hall–Kier alpha value is -2.92. The van der Waals surface area contributed by atoms with Crippen LogP contribution in [0.3, 0.4) is 0 Å². The molecule has 0 fully saturated rings. The first kappa shape index (κ1) is 14.0. The number of aryl methyl sites for hydroxylation is 1. The van der Waals surface area contributed by atoms with Crippen LogP contribution in [0.5, 0.6) is 0 Å². The summed E-state index contributed by atoms with van der Waals surface area (Å²) in [6.07, 6.45) is 2.89. The summed E-state index contributed by atoms with van der Waals surface area (Å²) in [7, 11) is 0. The minimum atomic E-state index is -0.565. The number of aromatic nitrogens is 2. The average Bonchev–Trinajstić information content (AvgIpc) is 2.98. The van der Waals surface area contributed by atoms with Gasteiger partial charge >= 0.3 is 0 Å². The average molecular weight is 293 g/mol. The molecule has 3 aromatic rings. The Balaban J connectivity index is 1.98. The first-order valence-corrected chi connectivity index (χ1v) is 6.85. The summed E-state index contributed by atoms with van der Waals surface area (Å²) in [5.74, 6) is 0.218. The highest BCUT2D eigenvalue weighted by Gasteiger charge is 2.06. The summed E-state index contributed by atoms with van der Waals surface area (Å²) < 4.78 is 0. The quantitative estimate of drug-likeness (QED) is 0.394. The summed E-state index contributed by atoms with van der Waals surface area (Å²) in [5, 5.41) is 8.49. The molecule has 0 aliphatic rings. The smallest absolute Gasteiger partial charge is 0.267 e. The number of benzene rings is 2. The lowest BCUT2D eigenvalue weighted by atomic mass is 10.1. The largest absolute Gasteiger partial charge is 0.338 e. The topological polar surface area (TPSA) is 78.0 Å². The second-order valence-electron chi connectivity index (χ2n) is 4.99. The van der Waals surface area contributed by atoms with Crippen molar-refractivity contribution in [2.75, 3.05) is 0 Å². The van der Waals surface area contributed by atoms with Crippen LogP contribution in [-0.2, 0) is 4.79 Å². The molecule has 1 heterocycles. The van der Waals surface area contributed by atoms with Gasteiger partial charge in [-0.3, -0.25) is 10.0 Å². The van der Waals surface area contributed by atoms with Crippen molar-refractivity contribution in [3.05, 3.63) is 59.7 Å². The summed E-state index contributed by atoms with van der Waals surface area (Å²) >= 11 is 0. The molecule has 0 unspecified atom stereocenters. The highest BCUT2D eigenvalue weighted by Crippen LogP contribution is 2.23. The van der Waals surface area contributed by atoms with E-state index < -0.39 is 5.91 Å². The highest BCUT2D eigenvalue weighted by molar-refractivity contribution is 5.91. The van der Waals surface area contributed by atoms with Crippen LogP contribution in [0.4, 0.5) is 0 Å². The molecule has 0 aliphatic carbocycles. The number of hydrogen-bond acceptors (Lipinski definition) is 3. The second kappa shape index (κ2) is 5.83. The normalized spacial score (nSPS) is 11.2. The van der Waals surface area contributed by atoms with E-state index in [2.05, 4.69) is 9.97 Å². The summed E-state index contributed by atoms with van der Waals surface area (Å²) in [6, 6.07) is 13.6. The number of hydrogen-bond donors (Lipinski definition) is 3. The zero-order valence-electron chi connectivity index (χ0n) is 12.0. The molecule has 0 bridgehead atoms. The molecule has 5 heteroatoms. The lowest BCUT2D eigenvalue weighted by Gasteiger charge is -1.99. The van der Waals surface area contributed by atoms with Gasteiger partial charge in [0.15, 0.2) is 0 Å². The zero-order valence-corrected chi connectivity index (χ0v) is 12.0. The molecule has 0 atom stereocenters. The predicted octanol–water partition coefficient (Wildman–Crippen LogP) is 3.06. The summed E-state index contributed by atoms with van der Waals surface area (Å²) in [5.41, 5.74) is 6.44. The Morgan fingerprint density at radius 1 is 1.27 bits per heavy atom. The van der Waals surface area contributed by atoms with Gasteiger partial charge in [-0.2, -0.15) is 0 Å². The van der Waals surface area contributed by atoms with Gasteiger partial charge in [0.2, 0.25) is 0 Å². The third-order valence-electron chi connectivity index (χ3n) is 3.42. The molecule has 0 radical (unpaired) electrons. The first-order valence-electron chi connectivity index (χ1n) is 6.85. The van der Waals surface area contributed by atoms with E-state index in [1.54, 1.807) is 11.6 Å². The molecule has 1 amide bonds. The summed E-state index contributed by atoms with van der Waals surface area (Å²) in [6.45, 7) is 2.04. The Morgan fingerprint density at radius 2 is 2.09 bits per heavy atom. The number of H-pyrrole nitrogens is 1. The first-order chi connectivity index (χ1) is 10.7. The van der Waals surface area contributed by atoms with Gasteiger partial charge in [-0.05, 0) is 36.3 Å². The minimum absolute atomic E-state index is 0.565. The van der Waals surface area contributed by atoms with Crippen molar-refractivity contribution in [1.82, 2.24) is 15.4 Å². The van der Waals surface area contributed by atoms with E-state index in [1.807, 2.05) is 49.4 Å². The fourth-order valence-electron chi connectivity index (χ4n) is 2.31. The Kier molecular flexibility index (Phi) is 3.72. The van der Waals surface area contributed by atoms with E-state index in [1.165, 1.54) is 6.08 Å². The molecule has 0 spiro atoms. The number of carbonyl (C=O) groups is 1. The third kappa shape index (κ3) is 2.75. The standard InChI is InChI=1S/C17H15N3O2/c1-11-4-2-7-14-16(11)19-17(18-14)13-6-3-5-12(10-13)8-9-15(21)20-22/h2-10,22H,1H3,(H,18,19)(H,20,21). The van der Waals surface area contributed by atoms with Gasteiger partial charge in [0.05, 0.1) is 11.0 Å². The van der Waals surface area contributed by atoms with E-state index >= 15 is 0 Å². The van der Waals surface area contributed by atoms with Crippen molar-refractivity contribution >= 4 is 23.0 Å². The van der Waals surface area contributed by atoms with Crippen molar-refractivity contribution in [1.29, 1.82) is 0 Å². The maximum atomic E-state index is 11.0. The van der Waals surface area contributed by atoms with E-state index in [0.29, 0.717) is 0 Å². The van der Waals surface area contributed by atoms with Crippen LogP contribution in [0.15, 0.2) is 48.5 Å². The number of rotatable bonds is 3. The fourth-order valence-corrected chi connectivity index (χ4v) is 2.31. The van der Waals surface area contributed by atoms with Crippen LogP contribution in [0.25, 0.3) is 28.5 Å². The van der Waals surface area contributed by atoms with Gasteiger partial charge in [0.1, 0.15) is 5.82 Å². The summed E-state index contributed by atoms with van der Waals surface area (Å²) in [4.78, 5) is 19.0. The number of amides is 1. The van der Waals surface area contributed by atoms with Crippen molar-refractivity contribution < 1.29 is 10.0 Å². The number of aromatic amines is 1. The van der Waals surface area contributed by atoms with E-state index in [0.717, 1.165) is 33.5 Å². The van der Waals surface area contributed by atoms with Crippen LogP contribution in [0.2, 0.25) is 0 Å². The molecule has 3 N–H and O–H groups in total. The number of para-hydroxylation sites is 1. The molecule has 5 nitrogen and oxygen atoms in total. The zero-order chi connectivity index (χ0) is 15.5. The predicted molar refractivity (Wildman–Crippen MR) is 85.2 cm³/mol. The van der Waals surface area contributed by atoms with Gasteiger partial charge in [0.25, 0.3) is 5.91 Å². The van der Waals surface area contributed by atoms with Gasteiger partial charge in [-0.15, -0.1) is 0 Å². The molecule has 2 aromatic carbocycles. The fraction of sp³-hybridized carbons (Fsp3) is 0.0588. The minimum Gasteiger partial charge on any atom is -0.338 e. The highest BCUT2D eigenvalue weighted by atomic mass is 16.5. The van der Waals surface area contributed by atoms with Gasteiger partial charge in [0, 0.05) is 11.6 Å². The molecule has 0 saturated heterocycles.